The van der Waals surface area contributed by atoms with Crippen LogP contribution < -0.4 is 11.1 Å². The first-order valence-corrected chi connectivity index (χ1v) is 8.01. The molecule has 0 fully saturated rings. The van der Waals surface area contributed by atoms with E-state index in [9.17, 15) is 9.59 Å². The first kappa shape index (κ1) is 22.7. The Bertz CT molecular complexity index is 589. The summed E-state index contributed by atoms with van der Waals surface area (Å²) in [5.41, 5.74) is 6.46. The van der Waals surface area contributed by atoms with Crippen molar-refractivity contribution in [3.05, 3.63) is 28.8 Å². The third-order valence-corrected chi connectivity index (χ3v) is 3.88. The van der Waals surface area contributed by atoms with E-state index in [2.05, 4.69) is 5.32 Å². The minimum Gasteiger partial charge on any atom is -0.341 e. The van der Waals surface area contributed by atoms with E-state index in [0.717, 1.165) is 0 Å². The van der Waals surface area contributed by atoms with Gasteiger partial charge < -0.3 is 16.0 Å². The minimum absolute atomic E-state index is 0. The Morgan fingerprint density at radius 2 is 1.92 bits per heavy atom. The zero-order chi connectivity index (χ0) is 17.8. The highest BCUT2D eigenvalue weighted by Gasteiger charge is 2.23. The number of benzene rings is 1. The van der Waals surface area contributed by atoms with Gasteiger partial charge in [-0.15, -0.1) is 12.4 Å². The summed E-state index contributed by atoms with van der Waals surface area (Å²) < 4.78 is 0. The zero-order valence-corrected chi connectivity index (χ0v) is 16.4. The first-order valence-electron chi connectivity index (χ1n) is 7.63. The number of rotatable bonds is 6. The van der Waals surface area contributed by atoms with Gasteiger partial charge in [-0.2, -0.15) is 0 Å². The molecule has 5 nitrogen and oxygen atoms in total. The van der Waals surface area contributed by atoms with Crippen molar-refractivity contribution in [3.63, 3.8) is 0 Å². The number of halogens is 2. The molecule has 0 heterocycles. The predicted octanol–water partition coefficient (Wildman–Crippen LogP) is 3.41. The minimum atomic E-state index is -0.197. The molecule has 24 heavy (non-hydrogen) atoms. The third kappa shape index (κ3) is 6.30. The van der Waals surface area contributed by atoms with E-state index < -0.39 is 0 Å². The Hall–Kier alpha value is -1.30. The maximum atomic E-state index is 12.6. The Kier molecular flexibility index (Phi) is 8.75. The smallest absolute Gasteiger partial charge is 0.255 e. The molecule has 0 aliphatic carbocycles. The molecule has 2 amide bonds. The van der Waals surface area contributed by atoms with Crippen molar-refractivity contribution in [1.29, 1.82) is 0 Å². The number of carbonyl (C=O) groups excluding carboxylic acids is 2. The molecule has 0 saturated heterocycles. The van der Waals surface area contributed by atoms with E-state index in [4.69, 9.17) is 17.3 Å². The van der Waals surface area contributed by atoms with Crippen LogP contribution in [0.25, 0.3) is 0 Å². The van der Waals surface area contributed by atoms with Crippen LogP contribution in [0.1, 0.15) is 38.1 Å². The summed E-state index contributed by atoms with van der Waals surface area (Å²) in [4.78, 5) is 26.0. The van der Waals surface area contributed by atoms with Crippen molar-refractivity contribution in [2.75, 3.05) is 25.5 Å². The lowest BCUT2D eigenvalue weighted by Crippen LogP contribution is -2.39. The standard InChI is InChI=1S/C17H26ClN3O2.ClH/c1-11(2)15(22)20-12-6-7-14(18)13(8-12)16(23)21(5)10-17(3,4)9-19;/h6-8,11H,9-10,19H2,1-5H3,(H,20,22);1H. The molecule has 0 aliphatic heterocycles. The van der Waals surface area contributed by atoms with Gasteiger partial charge in [0.15, 0.2) is 0 Å². The van der Waals surface area contributed by atoms with Gasteiger partial charge in [0, 0.05) is 25.2 Å². The summed E-state index contributed by atoms with van der Waals surface area (Å²) in [6.45, 7) is 8.60. The van der Waals surface area contributed by atoms with Crippen LogP contribution in [-0.2, 0) is 4.79 Å². The average molecular weight is 376 g/mol. The van der Waals surface area contributed by atoms with Crippen LogP contribution >= 0.6 is 24.0 Å². The summed E-state index contributed by atoms with van der Waals surface area (Å²) in [5.74, 6) is -0.446. The van der Waals surface area contributed by atoms with Crippen LogP contribution in [0.5, 0.6) is 0 Å². The van der Waals surface area contributed by atoms with Gasteiger partial charge in [0.05, 0.1) is 10.6 Å². The maximum Gasteiger partial charge on any atom is 0.255 e. The molecular weight excluding hydrogens is 349 g/mol. The van der Waals surface area contributed by atoms with Crippen LogP contribution in [0.15, 0.2) is 18.2 Å². The highest BCUT2D eigenvalue weighted by Crippen LogP contribution is 2.24. The Morgan fingerprint density at radius 3 is 2.42 bits per heavy atom. The van der Waals surface area contributed by atoms with Gasteiger partial charge in [0.25, 0.3) is 5.91 Å². The predicted molar refractivity (Wildman–Crippen MR) is 102 cm³/mol. The van der Waals surface area contributed by atoms with E-state index in [-0.39, 0.29) is 35.6 Å². The van der Waals surface area contributed by atoms with Gasteiger partial charge >= 0.3 is 0 Å². The molecule has 0 aliphatic rings. The number of hydrogen-bond donors (Lipinski definition) is 2. The highest BCUT2D eigenvalue weighted by molar-refractivity contribution is 6.34. The average Bonchev–Trinajstić information content (AvgIpc) is 2.47. The van der Waals surface area contributed by atoms with Crippen molar-refractivity contribution in [2.24, 2.45) is 17.1 Å². The van der Waals surface area contributed by atoms with Crippen LogP contribution in [0.4, 0.5) is 5.69 Å². The van der Waals surface area contributed by atoms with Crippen LogP contribution in [0.3, 0.4) is 0 Å². The van der Waals surface area contributed by atoms with E-state index in [1.165, 1.54) is 0 Å². The van der Waals surface area contributed by atoms with Crippen molar-refractivity contribution >= 4 is 41.5 Å². The fraction of sp³-hybridized carbons (Fsp3) is 0.529. The molecule has 0 unspecified atom stereocenters. The molecule has 1 aromatic carbocycles. The molecule has 0 aromatic heterocycles. The van der Waals surface area contributed by atoms with Gasteiger partial charge in [-0.05, 0) is 30.2 Å². The van der Waals surface area contributed by atoms with E-state index >= 15 is 0 Å². The van der Waals surface area contributed by atoms with E-state index in [1.54, 1.807) is 44.0 Å². The number of nitrogens with two attached hydrogens (primary N) is 1. The molecule has 136 valence electrons. The molecule has 7 heteroatoms. The molecule has 1 aromatic rings. The third-order valence-electron chi connectivity index (χ3n) is 3.55. The van der Waals surface area contributed by atoms with E-state index in [1.807, 2.05) is 13.8 Å². The van der Waals surface area contributed by atoms with Crippen molar-refractivity contribution < 1.29 is 9.59 Å². The van der Waals surface area contributed by atoms with Gasteiger partial charge in [-0.25, -0.2) is 0 Å². The molecule has 0 bridgehead atoms. The van der Waals surface area contributed by atoms with Crippen LogP contribution in [0, 0.1) is 11.3 Å². The summed E-state index contributed by atoms with van der Waals surface area (Å²) in [6.07, 6.45) is 0. The molecule has 0 spiro atoms. The monoisotopic (exact) mass is 375 g/mol. The second-order valence-corrected chi connectivity index (χ2v) is 7.28. The molecule has 0 atom stereocenters. The summed E-state index contributed by atoms with van der Waals surface area (Å²) in [5, 5.41) is 3.13. The number of carbonyl (C=O) groups is 2. The molecule has 1 rings (SSSR count). The number of hydrogen-bond acceptors (Lipinski definition) is 3. The van der Waals surface area contributed by atoms with Crippen molar-refractivity contribution in [3.8, 4) is 0 Å². The molecule has 0 saturated carbocycles. The fourth-order valence-corrected chi connectivity index (χ4v) is 2.24. The Balaban J connectivity index is 0.00000529. The SMILES string of the molecule is CC(C)C(=O)Nc1ccc(Cl)c(C(=O)N(C)CC(C)(C)CN)c1.Cl. The topological polar surface area (TPSA) is 75.4 Å². The van der Waals surface area contributed by atoms with Gasteiger partial charge in [0.2, 0.25) is 5.91 Å². The molecular formula is C17H27Cl2N3O2. The van der Waals surface area contributed by atoms with Gasteiger partial charge in [-0.1, -0.05) is 39.3 Å². The fourth-order valence-electron chi connectivity index (χ4n) is 2.04. The summed E-state index contributed by atoms with van der Waals surface area (Å²) in [7, 11) is 1.72. The lowest BCUT2D eigenvalue weighted by atomic mass is 9.93. The molecule has 3 N–H and O–H groups in total. The normalized spacial score (nSPS) is 11.0. The lowest BCUT2D eigenvalue weighted by Gasteiger charge is -2.29. The van der Waals surface area contributed by atoms with Gasteiger partial charge in [-0.3, -0.25) is 9.59 Å². The van der Waals surface area contributed by atoms with Gasteiger partial charge in [0.1, 0.15) is 0 Å². The Labute approximate surface area is 155 Å². The zero-order valence-electron chi connectivity index (χ0n) is 14.9. The summed E-state index contributed by atoms with van der Waals surface area (Å²) in [6, 6.07) is 4.91. The maximum absolute atomic E-state index is 12.6. The van der Waals surface area contributed by atoms with Crippen LogP contribution in [-0.4, -0.2) is 36.9 Å². The second kappa shape index (κ2) is 9.25. The van der Waals surface area contributed by atoms with E-state index in [0.29, 0.717) is 29.4 Å². The van der Waals surface area contributed by atoms with Crippen molar-refractivity contribution in [1.82, 2.24) is 4.90 Å². The highest BCUT2D eigenvalue weighted by atomic mass is 35.5. The number of nitrogens with zero attached hydrogens (tertiary/aromatic N) is 1. The lowest BCUT2D eigenvalue weighted by molar-refractivity contribution is -0.118. The number of amides is 2. The second-order valence-electron chi connectivity index (χ2n) is 6.87. The van der Waals surface area contributed by atoms with Crippen LogP contribution in [0.2, 0.25) is 5.02 Å². The van der Waals surface area contributed by atoms with Crippen molar-refractivity contribution in [2.45, 2.75) is 27.7 Å². The Morgan fingerprint density at radius 1 is 1.33 bits per heavy atom. The number of anilines is 1. The first-order chi connectivity index (χ1) is 10.6. The quantitative estimate of drug-likeness (QED) is 0.799. The number of nitrogens with one attached hydrogen (secondary N) is 1. The summed E-state index contributed by atoms with van der Waals surface area (Å²) >= 11 is 6.15. The largest absolute Gasteiger partial charge is 0.341 e. The molecule has 0 radical (unpaired) electrons.